The lowest BCUT2D eigenvalue weighted by Gasteiger charge is -2.13. The predicted molar refractivity (Wildman–Crippen MR) is 144 cm³/mol. The molecule has 0 radical (unpaired) electrons. The number of aryl methyl sites for hydroxylation is 1. The smallest absolute Gasteiger partial charge is 0.261 e. The maximum atomic E-state index is 15.0. The number of ether oxygens (including phenoxy) is 3. The minimum atomic E-state index is -0.770. The fourth-order valence-electron chi connectivity index (χ4n) is 4.12. The summed E-state index contributed by atoms with van der Waals surface area (Å²) in [5, 5.41) is 2.53. The van der Waals surface area contributed by atoms with E-state index in [2.05, 4.69) is 20.3 Å². The zero-order valence-corrected chi connectivity index (χ0v) is 21.5. The minimum Gasteiger partial charge on any atom is -0.491 e. The van der Waals surface area contributed by atoms with Gasteiger partial charge in [0.25, 0.3) is 11.8 Å². The van der Waals surface area contributed by atoms with Crippen LogP contribution in [0.4, 0.5) is 14.5 Å². The van der Waals surface area contributed by atoms with E-state index in [-0.39, 0.29) is 34.2 Å². The highest BCUT2D eigenvalue weighted by Crippen LogP contribution is 2.35. The van der Waals surface area contributed by atoms with Gasteiger partial charge in [-0.1, -0.05) is 12.1 Å². The van der Waals surface area contributed by atoms with Gasteiger partial charge >= 0.3 is 0 Å². The first-order chi connectivity index (χ1) is 19.3. The molecule has 0 bridgehead atoms. The van der Waals surface area contributed by atoms with Crippen LogP contribution in [0.2, 0.25) is 0 Å². The summed E-state index contributed by atoms with van der Waals surface area (Å²) in [5.41, 5.74) is 1.33. The Morgan fingerprint density at radius 2 is 1.73 bits per heavy atom. The van der Waals surface area contributed by atoms with Crippen LogP contribution in [0.25, 0.3) is 22.2 Å². The Kier molecular flexibility index (Phi) is 7.11. The number of benzene rings is 2. The van der Waals surface area contributed by atoms with Crippen molar-refractivity contribution in [3.8, 4) is 34.3 Å². The molecule has 0 saturated carbocycles. The van der Waals surface area contributed by atoms with Crippen LogP contribution in [-0.4, -0.2) is 35.1 Å². The number of rotatable bonds is 7. The van der Waals surface area contributed by atoms with E-state index < -0.39 is 23.0 Å². The number of hydrogen-bond acceptors (Lipinski definition) is 7. The quantitative estimate of drug-likeness (QED) is 0.273. The summed E-state index contributed by atoms with van der Waals surface area (Å²) in [6.07, 6.45) is 2.76. The second-order valence-electron chi connectivity index (χ2n) is 8.62. The summed E-state index contributed by atoms with van der Waals surface area (Å²) in [7, 11) is 2.91. The van der Waals surface area contributed by atoms with Gasteiger partial charge in [0, 0.05) is 47.5 Å². The number of anilines is 1. The summed E-state index contributed by atoms with van der Waals surface area (Å²) in [5.74, 6) is -1.29. The number of halogens is 2. The van der Waals surface area contributed by atoms with Gasteiger partial charge in [-0.15, -0.1) is 0 Å². The average Bonchev–Trinajstić information content (AvgIpc) is 2.94. The van der Waals surface area contributed by atoms with Gasteiger partial charge in [0.05, 0.1) is 19.7 Å². The lowest BCUT2D eigenvalue weighted by molar-refractivity contribution is 0.102. The van der Waals surface area contributed by atoms with Crippen molar-refractivity contribution in [2.24, 2.45) is 0 Å². The number of hydrogen-bond donors (Lipinski definition) is 2. The molecule has 5 rings (SSSR count). The number of nitrogens with one attached hydrogen (secondary N) is 2. The number of pyridine rings is 3. The SMILES string of the molecule is COc1cc2nccc(Oc3ccc(NC(=O)c4c[nH]c(C)c(-c5ccc(F)cc5)c4=O)cc3F)c2nc1OC. The lowest BCUT2D eigenvalue weighted by Crippen LogP contribution is -2.23. The van der Waals surface area contributed by atoms with Gasteiger partial charge in [-0.25, -0.2) is 13.8 Å². The van der Waals surface area contributed by atoms with Crippen LogP contribution in [0.15, 0.2) is 71.8 Å². The summed E-state index contributed by atoms with van der Waals surface area (Å²) in [4.78, 5) is 37.6. The fraction of sp³-hybridized carbons (Fsp3) is 0.103. The number of aromatic amines is 1. The van der Waals surface area contributed by atoms with Crippen LogP contribution >= 0.6 is 0 Å². The summed E-state index contributed by atoms with van der Waals surface area (Å²) >= 11 is 0. The summed E-state index contributed by atoms with van der Waals surface area (Å²) in [6.45, 7) is 1.67. The number of carbonyl (C=O) groups excluding carboxylic acids is 1. The first-order valence-electron chi connectivity index (χ1n) is 11.9. The molecule has 0 spiro atoms. The van der Waals surface area contributed by atoms with Crippen LogP contribution in [0, 0.1) is 18.6 Å². The number of H-pyrrole nitrogens is 1. The maximum Gasteiger partial charge on any atom is 0.261 e. The van der Waals surface area contributed by atoms with E-state index in [1.54, 1.807) is 13.0 Å². The van der Waals surface area contributed by atoms with Crippen LogP contribution in [0.5, 0.6) is 23.1 Å². The molecule has 1 amide bonds. The lowest BCUT2D eigenvalue weighted by atomic mass is 10.0. The number of amides is 1. The molecule has 40 heavy (non-hydrogen) atoms. The van der Waals surface area contributed by atoms with E-state index in [1.807, 2.05) is 0 Å². The molecule has 11 heteroatoms. The van der Waals surface area contributed by atoms with Gasteiger partial charge in [-0.05, 0) is 36.8 Å². The van der Waals surface area contributed by atoms with E-state index in [9.17, 15) is 14.0 Å². The maximum absolute atomic E-state index is 15.0. The van der Waals surface area contributed by atoms with Gasteiger partial charge in [0.15, 0.2) is 23.1 Å². The predicted octanol–water partition coefficient (Wildman–Crippen LogP) is 5.63. The largest absolute Gasteiger partial charge is 0.491 e. The zero-order valence-electron chi connectivity index (χ0n) is 21.5. The normalized spacial score (nSPS) is 10.8. The third-order valence-corrected chi connectivity index (χ3v) is 6.09. The Morgan fingerprint density at radius 3 is 2.42 bits per heavy atom. The van der Waals surface area contributed by atoms with Crippen molar-refractivity contribution in [1.29, 1.82) is 0 Å². The van der Waals surface area contributed by atoms with E-state index in [0.717, 1.165) is 6.07 Å². The first-order valence-corrected chi connectivity index (χ1v) is 11.9. The highest BCUT2D eigenvalue weighted by molar-refractivity contribution is 6.04. The molecule has 3 heterocycles. The Labute approximate surface area is 226 Å². The Balaban J connectivity index is 1.40. The number of aromatic nitrogens is 3. The van der Waals surface area contributed by atoms with Gasteiger partial charge < -0.3 is 24.5 Å². The van der Waals surface area contributed by atoms with Crippen molar-refractivity contribution in [2.45, 2.75) is 6.92 Å². The number of fused-ring (bicyclic) bond motifs is 1. The van der Waals surface area contributed by atoms with E-state index in [4.69, 9.17) is 14.2 Å². The molecule has 0 fully saturated rings. The molecular weight excluding hydrogens is 522 g/mol. The molecule has 2 aromatic carbocycles. The third-order valence-electron chi connectivity index (χ3n) is 6.09. The number of nitrogens with zero attached hydrogens (tertiary/aromatic N) is 2. The van der Waals surface area contributed by atoms with Crippen molar-refractivity contribution in [3.63, 3.8) is 0 Å². The minimum absolute atomic E-state index is 0.0993. The highest BCUT2D eigenvalue weighted by atomic mass is 19.1. The summed E-state index contributed by atoms with van der Waals surface area (Å²) in [6, 6.07) is 12.3. The van der Waals surface area contributed by atoms with Crippen LogP contribution in [0.1, 0.15) is 16.1 Å². The third kappa shape index (κ3) is 5.04. The topological polar surface area (TPSA) is 115 Å². The first kappa shape index (κ1) is 26.3. The monoisotopic (exact) mass is 544 g/mol. The molecule has 3 aromatic heterocycles. The molecule has 202 valence electrons. The van der Waals surface area contributed by atoms with Gasteiger partial charge in [0.2, 0.25) is 5.43 Å². The van der Waals surface area contributed by atoms with Crippen molar-refractivity contribution in [3.05, 3.63) is 100 Å². The molecule has 0 unspecified atom stereocenters. The Bertz CT molecular complexity index is 1810. The summed E-state index contributed by atoms with van der Waals surface area (Å²) < 4.78 is 44.7. The second kappa shape index (κ2) is 10.8. The highest BCUT2D eigenvalue weighted by Gasteiger charge is 2.19. The molecular formula is C29H22F2N4O5. The standard InChI is InChI=1S/C29H22F2N4O5/c1-15-25(16-4-6-17(30)7-5-16)27(36)19(14-33-15)28(37)34-18-8-9-22(20(31)12-18)40-23-10-11-32-21-13-24(38-2)29(39-3)35-26(21)23/h4-14H,1-3H3,(H,33,36)(H,34,37). The van der Waals surface area contributed by atoms with Crippen LogP contribution in [-0.2, 0) is 0 Å². The number of carbonyl (C=O) groups is 1. The average molecular weight is 545 g/mol. The molecule has 0 atom stereocenters. The van der Waals surface area contributed by atoms with Gasteiger partial charge in [-0.3, -0.25) is 14.6 Å². The molecule has 0 saturated heterocycles. The van der Waals surface area contributed by atoms with E-state index in [0.29, 0.717) is 28.0 Å². The Morgan fingerprint density at radius 1 is 0.950 bits per heavy atom. The van der Waals surface area contributed by atoms with Gasteiger partial charge in [-0.2, -0.15) is 0 Å². The number of methoxy groups -OCH3 is 2. The van der Waals surface area contributed by atoms with Gasteiger partial charge in [0.1, 0.15) is 16.9 Å². The van der Waals surface area contributed by atoms with E-state index >= 15 is 4.39 Å². The fourth-order valence-corrected chi connectivity index (χ4v) is 4.12. The van der Waals surface area contributed by atoms with Crippen molar-refractivity contribution in [2.75, 3.05) is 19.5 Å². The zero-order chi connectivity index (χ0) is 28.4. The van der Waals surface area contributed by atoms with Crippen LogP contribution in [0.3, 0.4) is 0 Å². The molecule has 5 aromatic rings. The molecule has 0 aliphatic carbocycles. The molecule has 2 N–H and O–H groups in total. The molecule has 0 aliphatic heterocycles. The molecule has 9 nitrogen and oxygen atoms in total. The van der Waals surface area contributed by atoms with Crippen molar-refractivity contribution >= 4 is 22.6 Å². The van der Waals surface area contributed by atoms with Crippen LogP contribution < -0.4 is 25.0 Å². The Hall–Kier alpha value is -5.32. The second-order valence-corrected chi connectivity index (χ2v) is 8.62. The van der Waals surface area contributed by atoms with Crippen molar-refractivity contribution < 1.29 is 27.8 Å². The molecule has 0 aliphatic rings. The van der Waals surface area contributed by atoms with E-state index in [1.165, 1.54) is 69.1 Å². The van der Waals surface area contributed by atoms with Crippen molar-refractivity contribution in [1.82, 2.24) is 15.0 Å².